The van der Waals surface area contributed by atoms with Gasteiger partial charge < -0.3 is 14.6 Å². The lowest BCUT2D eigenvalue weighted by atomic mass is 9.99. The van der Waals surface area contributed by atoms with E-state index in [1.165, 1.54) is 6.07 Å². The summed E-state index contributed by atoms with van der Waals surface area (Å²) in [6, 6.07) is 9.32. The van der Waals surface area contributed by atoms with Crippen molar-refractivity contribution in [2.45, 2.75) is 30.6 Å². The van der Waals surface area contributed by atoms with E-state index in [1.54, 1.807) is 53.3 Å². The minimum atomic E-state index is -4.40. The van der Waals surface area contributed by atoms with E-state index >= 15 is 0 Å². The van der Waals surface area contributed by atoms with Crippen LogP contribution in [0.4, 0.5) is 18.0 Å². The first kappa shape index (κ1) is 23.2. The molecule has 0 unspecified atom stereocenters. The van der Waals surface area contributed by atoms with Crippen LogP contribution in [0.5, 0.6) is 5.75 Å². The molecule has 0 saturated carbocycles. The van der Waals surface area contributed by atoms with Crippen molar-refractivity contribution in [2.75, 3.05) is 18.8 Å². The molecule has 10 heteroatoms. The molecule has 1 saturated heterocycles. The van der Waals surface area contributed by atoms with Gasteiger partial charge in [-0.2, -0.15) is 13.2 Å². The molecule has 1 aliphatic heterocycles. The fourth-order valence-electron chi connectivity index (χ4n) is 3.56. The van der Waals surface area contributed by atoms with Gasteiger partial charge in [-0.3, -0.25) is 4.98 Å². The highest BCUT2D eigenvalue weighted by molar-refractivity contribution is 7.99. The van der Waals surface area contributed by atoms with E-state index in [2.05, 4.69) is 15.0 Å². The molecule has 4 rings (SSSR count). The van der Waals surface area contributed by atoms with Crippen LogP contribution >= 0.6 is 11.8 Å². The Kier molecular flexibility index (Phi) is 7.22. The average Bonchev–Trinajstić information content (AvgIpc) is 3.33. The van der Waals surface area contributed by atoms with E-state index < -0.39 is 11.7 Å². The average molecular weight is 477 g/mol. The highest BCUT2D eigenvalue weighted by Crippen LogP contribution is 2.29. The first-order chi connectivity index (χ1) is 15.9. The number of imidazole rings is 1. The molecule has 0 radical (unpaired) electrons. The van der Waals surface area contributed by atoms with Crippen molar-refractivity contribution in [2.24, 2.45) is 5.92 Å². The summed E-state index contributed by atoms with van der Waals surface area (Å²) in [5.41, 5.74) is 0.617. The second-order valence-corrected chi connectivity index (χ2v) is 8.87. The van der Waals surface area contributed by atoms with Gasteiger partial charge in [0.2, 0.25) is 0 Å². The summed E-state index contributed by atoms with van der Waals surface area (Å²) in [6.07, 6.45) is 1.83. The molecule has 0 atom stereocenters. The molecule has 33 heavy (non-hydrogen) atoms. The highest BCUT2D eigenvalue weighted by Gasteiger charge is 2.30. The van der Waals surface area contributed by atoms with Gasteiger partial charge >= 0.3 is 12.3 Å². The molecule has 0 spiro atoms. The standard InChI is InChI=1S/C23H23F3N4O2S/c24-23(25,26)18-3-4-19(29-14-18)13-16-1-5-20(6-2-16)32-22(31)30-11-7-17(8-12-30)15-33-21-27-9-10-28-21/h1-6,9-10,14,17H,7-8,11-13,15H2,(H,27,28). The molecule has 2 aromatic heterocycles. The van der Waals surface area contributed by atoms with Gasteiger partial charge in [0, 0.05) is 49.5 Å². The van der Waals surface area contributed by atoms with E-state index in [1.807, 2.05) is 0 Å². The number of hydrogen-bond acceptors (Lipinski definition) is 5. The van der Waals surface area contributed by atoms with Crippen LogP contribution in [0.1, 0.15) is 29.7 Å². The van der Waals surface area contributed by atoms with Crippen molar-refractivity contribution in [3.63, 3.8) is 0 Å². The molecule has 0 aliphatic carbocycles. The predicted molar refractivity (Wildman–Crippen MR) is 118 cm³/mol. The molecule has 1 aliphatic rings. The van der Waals surface area contributed by atoms with Crippen molar-refractivity contribution in [3.05, 3.63) is 71.8 Å². The monoisotopic (exact) mass is 476 g/mol. The number of halogens is 3. The van der Waals surface area contributed by atoms with E-state index in [0.29, 0.717) is 36.9 Å². The van der Waals surface area contributed by atoms with E-state index in [0.717, 1.165) is 41.6 Å². The van der Waals surface area contributed by atoms with Gasteiger partial charge in [-0.25, -0.2) is 9.78 Å². The first-order valence-corrected chi connectivity index (χ1v) is 11.6. The summed E-state index contributed by atoms with van der Waals surface area (Å²) < 4.78 is 43.4. The Bertz CT molecular complexity index is 1030. The third-order valence-corrected chi connectivity index (χ3v) is 6.60. The Balaban J connectivity index is 1.23. The number of aromatic nitrogens is 3. The first-order valence-electron chi connectivity index (χ1n) is 10.6. The fraction of sp³-hybridized carbons (Fsp3) is 0.348. The predicted octanol–water partition coefficient (Wildman–Crippen LogP) is 5.42. The Morgan fingerprint density at radius 2 is 1.88 bits per heavy atom. The number of carbonyl (C=O) groups excluding carboxylic acids is 1. The summed E-state index contributed by atoms with van der Waals surface area (Å²) >= 11 is 1.69. The van der Waals surface area contributed by atoms with Crippen LogP contribution in [-0.2, 0) is 12.6 Å². The Hall–Kier alpha value is -3.01. The van der Waals surface area contributed by atoms with Gasteiger partial charge in [-0.05, 0) is 48.6 Å². The SMILES string of the molecule is O=C(Oc1ccc(Cc2ccc(C(F)(F)F)cn2)cc1)N1CCC(CSc2ncc[nH]2)CC1. The number of alkyl halides is 3. The largest absolute Gasteiger partial charge is 0.417 e. The number of hydrogen-bond donors (Lipinski definition) is 1. The molecule has 1 amide bonds. The van der Waals surface area contributed by atoms with Gasteiger partial charge in [-0.1, -0.05) is 23.9 Å². The molecule has 174 valence electrons. The quantitative estimate of drug-likeness (QED) is 0.481. The topological polar surface area (TPSA) is 71.1 Å². The van der Waals surface area contributed by atoms with Crippen molar-refractivity contribution >= 4 is 17.9 Å². The number of pyridine rings is 1. The summed E-state index contributed by atoms with van der Waals surface area (Å²) in [5.74, 6) is 1.92. The third kappa shape index (κ3) is 6.50. The molecule has 0 bridgehead atoms. The highest BCUT2D eigenvalue weighted by atomic mass is 32.2. The molecule has 1 fully saturated rings. The van der Waals surface area contributed by atoms with E-state index in [9.17, 15) is 18.0 Å². The number of rotatable bonds is 6. The number of nitrogens with zero attached hydrogens (tertiary/aromatic N) is 3. The van der Waals surface area contributed by atoms with E-state index in [-0.39, 0.29) is 6.09 Å². The van der Waals surface area contributed by atoms with Crippen LogP contribution in [0.25, 0.3) is 0 Å². The Labute approximate surface area is 193 Å². The van der Waals surface area contributed by atoms with Crippen molar-refractivity contribution in [1.29, 1.82) is 0 Å². The van der Waals surface area contributed by atoms with Gasteiger partial charge in [-0.15, -0.1) is 0 Å². The summed E-state index contributed by atoms with van der Waals surface area (Å²) in [6.45, 7) is 1.31. The Morgan fingerprint density at radius 3 is 2.48 bits per heavy atom. The molecular formula is C23H23F3N4O2S. The van der Waals surface area contributed by atoms with Crippen LogP contribution in [0.3, 0.4) is 0 Å². The van der Waals surface area contributed by atoms with Crippen LogP contribution < -0.4 is 4.74 Å². The number of amides is 1. The lowest BCUT2D eigenvalue weighted by Gasteiger charge is -2.30. The zero-order chi connectivity index (χ0) is 23.3. The molecular weight excluding hydrogens is 453 g/mol. The molecule has 3 heterocycles. The van der Waals surface area contributed by atoms with Crippen molar-refractivity contribution < 1.29 is 22.7 Å². The number of H-pyrrole nitrogens is 1. The number of nitrogens with one attached hydrogen (secondary N) is 1. The summed E-state index contributed by atoms with van der Waals surface area (Å²) in [4.78, 5) is 25.4. The summed E-state index contributed by atoms with van der Waals surface area (Å²) in [5, 5.41) is 0.911. The third-order valence-electron chi connectivity index (χ3n) is 5.47. The zero-order valence-electron chi connectivity index (χ0n) is 17.7. The molecule has 6 nitrogen and oxygen atoms in total. The molecule has 1 N–H and O–H groups in total. The van der Waals surface area contributed by atoms with Crippen molar-refractivity contribution in [3.8, 4) is 5.75 Å². The summed E-state index contributed by atoms with van der Waals surface area (Å²) in [7, 11) is 0. The number of benzene rings is 1. The fourth-order valence-corrected chi connectivity index (χ4v) is 4.57. The maximum Gasteiger partial charge on any atom is 0.417 e. The van der Waals surface area contributed by atoms with Crippen LogP contribution in [0, 0.1) is 5.92 Å². The van der Waals surface area contributed by atoms with Gasteiger partial charge in [0.25, 0.3) is 0 Å². The van der Waals surface area contributed by atoms with Crippen LogP contribution in [0.15, 0.2) is 60.1 Å². The van der Waals surface area contributed by atoms with Gasteiger partial charge in [0.1, 0.15) is 5.75 Å². The van der Waals surface area contributed by atoms with Gasteiger partial charge in [0.15, 0.2) is 5.16 Å². The minimum absolute atomic E-state index is 0.371. The van der Waals surface area contributed by atoms with E-state index in [4.69, 9.17) is 4.74 Å². The Morgan fingerprint density at radius 1 is 1.12 bits per heavy atom. The second kappa shape index (κ2) is 10.3. The smallest absolute Gasteiger partial charge is 0.410 e. The molecule has 3 aromatic rings. The number of carbonyl (C=O) groups is 1. The second-order valence-electron chi connectivity index (χ2n) is 7.86. The number of ether oxygens (including phenoxy) is 1. The maximum atomic E-state index is 12.6. The molecule has 1 aromatic carbocycles. The van der Waals surface area contributed by atoms with Crippen LogP contribution in [-0.4, -0.2) is 44.8 Å². The van der Waals surface area contributed by atoms with Gasteiger partial charge in [0.05, 0.1) is 5.56 Å². The lowest BCUT2D eigenvalue weighted by Crippen LogP contribution is -2.40. The number of likely N-dealkylation sites (tertiary alicyclic amines) is 1. The normalized spacial score (nSPS) is 14.9. The number of piperidine rings is 1. The number of thioether (sulfide) groups is 1. The lowest BCUT2D eigenvalue weighted by molar-refractivity contribution is -0.137. The minimum Gasteiger partial charge on any atom is -0.410 e. The number of aromatic amines is 1. The zero-order valence-corrected chi connectivity index (χ0v) is 18.5. The van der Waals surface area contributed by atoms with Crippen molar-refractivity contribution in [1.82, 2.24) is 19.9 Å². The maximum absolute atomic E-state index is 12.6. The van der Waals surface area contributed by atoms with Crippen LogP contribution in [0.2, 0.25) is 0 Å².